The number of halogens is 2. The summed E-state index contributed by atoms with van der Waals surface area (Å²) in [6.07, 6.45) is -0.137. The lowest BCUT2D eigenvalue weighted by Crippen LogP contribution is -2.52. The van der Waals surface area contributed by atoms with E-state index in [2.05, 4.69) is 10.0 Å². The number of ether oxygens (including phenoxy) is 1. The average molecular weight is 429 g/mol. The molecule has 158 valence electrons. The molecule has 3 saturated heterocycles. The maximum atomic E-state index is 14.8. The molecule has 3 aliphatic rings. The molecular formula is C17H21F2N5O4S. The highest BCUT2D eigenvalue weighted by Gasteiger charge is 2.49. The highest BCUT2D eigenvalue weighted by molar-refractivity contribution is 8.25. The predicted octanol–water partition coefficient (Wildman–Crippen LogP) is 3.95. The van der Waals surface area contributed by atoms with Crippen LogP contribution in [-0.2, 0) is 4.74 Å². The Bertz CT molecular complexity index is 854. The van der Waals surface area contributed by atoms with Gasteiger partial charge in [0.25, 0.3) is 0 Å². The SMILES string of the molecule is [N-]=[N+]=NCC1CN(c2cc(F)c(N3CCC4(CC3)CS(O)(O)C4)c(F)c2)C(=O)O1. The molecule has 3 heterocycles. The molecule has 1 unspecified atom stereocenters. The zero-order chi connectivity index (χ0) is 20.8. The van der Waals surface area contributed by atoms with Crippen molar-refractivity contribution in [3.05, 3.63) is 34.2 Å². The molecule has 0 bridgehead atoms. The number of benzene rings is 1. The van der Waals surface area contributed by atoms with Gasteiger partial charge < -0.3 is 9.64 Å². The second-order valence-corrected chi connectivity index (χ2v) is 10.0. The van der Waals surface area contributed by atoms with Crippen molar-refractivity contribution in [2.24, 2.45) is 10.5 Å². The summed E-state index contributed by atoms with van der Waals surface area (Å²) in [7, 11) is -2.46. The van der Waals surface area contributed by atoms with Gasteiger partial charge in [-0.15, -0.1) is 0 Å². The first kappa shape index (κ1) is 20.0. The summed E-state index contributed by atoms with van der Waals surface area (Å²) in [5.74, 6) is -0.822. The first-order valence-corrected chi connectivity index (χ1v) is 11.1. The third-order valence-electron chi connectivity index (χ3n) is 5.75. The number of hydrogen-bond donors (Lipinski definition) is 2. The quantitative estimate of drug-likeness (QED) is 0.426. The van der Waals surface area contributed by atoms with E-state index < -0.39 is 34.4 Å². The summed E-state index contributed by atoms with van der Waals surface area (Å²) >= 11 is 0. The zero-order valence-corrected chi connectivity index (χ0v) is 16.3. The lowest BCUT2D eigenvalue weighted by Gasteiger charge is -2.58. The van der Waals surface area contributed by atoms with E-state index in [0.717, 1.165) is 17.0 Å². The van der Waals surface area contributed by atoms with Gasteiger partial charge in [0.05, 0.1) is 18.8 Å². The van der Waals surface area contributed by atoms with Crippen LogP contribution in [0, 0.1) is 17.0 Å². The molecule has 1 aromatic carbocycles. The van der Waals surface area contributed by atoms with Gasteiger partial charge in [-0.05, 0) is 18.4 Å². The molecule has 29 heavy (non-hydrogen) atoms. The van der Waals surface area contributed by atoms with Crippen molar-refractivity contribution in [2.45, 2.75) is 18.9 Å². The minimum Gasteiger partial charge on any atom is -0.444 e. The minimum atomic E-state index is -2.46. The number of carbonyl (C=O) groups excluding carboxylic acids is 1. The fraction of sp³-hybridized carbons (Fsp3) is 0.588. The molecule has 0 aromatic heterocycles. The van der Waals surface area contributed by atoms with E-state index in [0.29, 0.717) is 37.4 Å². The highest BCUT2D eigenvalue weighted by atomic mass is 32.3. The second kappa shape index (κ2) is 7.21. The predicted molar refractivity (Wildman–Crippen MR) is 104 cm³/mol. The van der Waals surface area contributed by atoms with Crippen LogP contribution in [0.15, 0.2) is 17.2 Å². The molecule has 4 rings (SSSR count). The Morgan fingerprint density at radius 3 is 2.45 bits per heavy atom. The summed E-state index contributed by atoms with van der Waals surface area (Å²) in [5, 5.41) is 3.35. The number of hydrogen-bond acceptors (Lipinski definition) is 6. The molecule has 1 atom stereocenters. The van der Waals surface area contributed by atoms with Crippen LogP contribution in [0.4, 0.5) is 25.0 Å². The third kappa shape index (κ3) is 3.80. The monoisotopic (exact) mass is 429 g/mol. The maximum absolute atomic E-state index is 14.8. The van der Waals surface area contributed by atoms with E-state index in [1.165, 1.54) is 0 Å². The normalized spacial score (nSPS) is 25.9. The van der Waals surface area contributed by atoms with E-state index in [1.807, 2.05) is 0 Å². The maximum Gasteiger partial charge on any atom is 0.414 e. The number of amides is 1. The summed E-state index contributed by atoms with van der Waals surface area (Å²) in [6, 6.07) is 2.19. The lowest BCUT2D eigenvalue weighted by molar-refractivity contribution is 0.145. The van der Waals surface area contributed by atoms with Crippen molar-refractivity contribution in [1.82, 2.24) is 0 Å². The highest BCUT2D eigenvalue weighted by Crippen LogP contribution is 2.62. The van der Waals surface area contributed by atoms with E-state index in [9.17, 15) is 22.7 Å². The van der Waals surface area contributed by atoms with Gasteiger partial charge in [-0.2, -0.15) is 10.6 Å². The number of piperidine rings is 1. The molecule has 1 spiro atoms. The van der Waals surface area contributed by atoms with Crippen molar-refractivity contribution in [2.75, 3.05) is 47.5 Å². The largest absolute Gasteiger partial charge is 0.444 e. The fourth-order valence-electron chi connectivity index (χ4n) is 4.40. The average Bonchev–Trinajstić information content (AvgIpc) is 3.00. The van der Waals surface area contributed by atoms with Gasteiger partial charge >= 0.3 is 6.09 Å². The standard InChI is InChI=1S/C17H21F2N5O4S/c18-13-5-11(24-8-12(7-21-22-20)28-16(24)25)6-14(19)15(13)23-3-1-17(2-4-23)9-29(26,27)10-17/h5-6,12,26-27H,1-4,7-10H2. The molecule has 0 aliphatic carbocycles. The van der Waals surface area contributed by atoms with Crippen LogP contribution in [-0.4, -0.2) is 59.0 Å². The number of azide groups is 1. The van der Waals surface area contributed by atoms with Crippen LogP contribution in [0.3, 0.4) is 0 Å². The summed E-state index contributed by atoms with van der Waals surface area (Å²) in [4.78, 5) is 17.3. The van der Waals surface area contributed by atoms with Crippen molar-refractivity contribution < 1.29 is 27.4 Å². The first-order valence-electron chi connectivity index (χ1n) is 9.19. The molecule has 9 nitrogen and oxygen atoms in total. The van der Waals surface area contributed by atoms with Crippen molar-refractivity contribution in [3.8, 4) is 0 Å². The Hall–Kier alpha value is -2.27. The molecule has 1 aromatic rings. The van der Waals surface area contributed by atoms with Crippen LogP contribution in [0.1, 0.15) is 12.8 Å². The number of carbonyl (C=O) groups is 1. The van der Waals surface area contributed by atoms with Gasteiger partial charge in [0.15, 0.2) is 11.6 Å². The van der Waals surface area contributed by atoms with E-state index in [1.54, 1.807) is 4.90 Å². The Morgan fingerprint density at radius 1 is 1.28 bits per heavy atom. The Labute approximate surface area is 167 Å². The van der Waals surface area contributed by atoms with Crippen LogP contribution in [0.25, 0.3) is 10.4 Å². The van der Waals surface area contributed by atoms with E-state index in [4.69, 9.17) is 10.3 Å². The van der Waals surface area contributed by atoms with Gasteiger partial charge in [0.2, 0.25) is 0 Å². The van der Waals surface area contributed by atoms with Gasteiger partial charge in [0, 0.05) is 47.1 Å². The summed E-state index contributed by atoms with van der Waals surface area (Å²) < 4.78 is 53.9. The number of nitrogens with zero attached hydrogens (tertiary/aromatic N) is 5. The van der Waals surface area contributed by atoms with Gasteiger partial charge in [0.1, 0.15) is 11.8 Å². The third-order valence-corrected chi connectivity index (χ3v) is 7.90. The molecule has 3 aliphatic heterocycles. The Kier molecular flexibility index (Phi) is 4.97. The molecule has 0 saturated carbocycles. The first-order chi connectivity index (χ1) is 13.7. The van der Waals surface area contributed by atoms with Crippen molar-refractivity contribution in [3.63, 3.8) is 0 Å². The van der Waals surface area contributed by atoms with Crippen LogP contribution in [0.2, 0.25) is 0 Å². The molecule has 12 heteroatoms. The lowest BCUT2D eigenvalue weighted by atomic mass is 9.81. The summed E-state index contributed by atoms with van der Waals surface area (Å²) in [5.41, 5.74) is 8.12. The molecule has 1 amide bonds. The Balaban J connectivity index is 1.47. The second-order valence-electron chi connectivity index (χ2n) is 7.87. The van der Waals surface area contributed by atoms with Crippen LogP contribution in [0.5, 0.6) is 0 Å². The molecule has 2 N–H and O–H groups in total. The van der Waals surface area contributed by atoms with Crippen molar-refractivity contribution in [1.29, 1.82) is 0 Å². The molecule has 3 fully saturated rings. The number of cyclic esters (lactones) is 1. The van der Waals surface area contributed by atoms with Crippen LogP contribution < -0.4 is 9.80 Å². The fourth-order valence-corrected chi connectivity index (χ4v) is 6.85. The Morgan fingerprint density at radius 2 is 1.90 bits per heavy atom. The van der Waals surface area contributed by atoms with E-state index in [-0.39, 0.29) is 29.9 Å². The minimum absolute atomic E-state index is 0.0364. The smallest absolute Gasteiger partial charge is 0.414 e. The summed E-state index contributed by atoms with van der Waals surface area (Å²) in [6.45, 7) is 0.822. The topological polar surface area (TPSA) is 122 Å². The van der Waals surface area contributed by atoms with Crippen LogP contribution >= 0.6 is 10.6 Å². The number of rotatable bonds is 4. The van der Waals surface area contributed by atoms with Gasteiger partial charge in [-0.1, -0.05) is 5.11 Å². The van der Waals surface area contributed by atoms with E-state index >= 15 is 0 Å². The zero-order valence-electron chi connectivity index (χ0n) is 15.5. The van der Waals surface area contributed by atoms with Gasteiger partial charge in [-0.3, -0.25) is 14.0 Å². The molecular weight excluding hydrogens is 408 g/mol. The van der Waals surface area contributed by atoms with Crippen molar-refractivity contribution >= 4 is 28.1 Å². The molecule has 0 radical (unpaired) electrons. The van der Waals surface area contributed by atoms with Gasteiger partial charge in [-0.25, -0.2) is 13.6 Å². The number of anilines is 2.